The highest BCUT2D eigenvalue weighted by Crippen LogP contribution is 2.33. The minimum absolute atomic E-state index is 0.132. The fourth-order valence-corrected chi connectivity index (χ4v) is 6.49. The highest BCUT2D eigenvalue weighted by atomic mass is 28.3. The van der Waals surface area contributed by atoms with Crippen molar-refractivity contribution in [3.8, 4) is 0 Å². The Labute approximate surface area is 278 Å². The predicted molar refractivity (Wildman–Crippen MR) is 188 cm³/mol. The van der Waals surface area contributed by atoms with Crippen molar-refractivity contribution < 1.29 is 28.5 Å². The van der Waals surface area contributed by atoms with Gasteiger partial charge in [0, 0.05) is 54.0 Å². The first-order valence-corrected chi connectivity index (χ1v) is 24.0. The number of nitrogens with zero attached hydrogens (tertiary/aromatic N) is 5. The van der Waals surface area contributed by atoms with E-state index in [1.165, 1.54) is 4.90 Å². The van der Waals surface area contributed by atoms with Crippen LogP contribution in [0.15, 0.2) is 18.3 Å². The Bertz CT molecular complexity index is 1290. The van der Waals surface area contributed by atoms with Gasteiger partial charge in [0.1, 0.15) is 36.5 Å². The fraction of sp³-hybridized carbons (Fsp3) is 0.758. The molecule has 3 rings (SSSR count). The standard InChI is InChI=1S/C33H59N5O6Si2/c1-32(2,3)43-30(39)27-14-13-25(22-37(27)31(40)44-33(4,5)6)26-21-29(38-28(35-26)15-16-34-38)36(23-41-17-19-45(7,8)9)24-42-18-20-46(10,11)12/h15-16,21,25,27H,13-14,17-20,22-24H2,1-12H3/t25-,27-/m0/s1. The number of hydrogen-bond acceptors (Lipinski definition) is 9. The maximum atomic E-state index is 13.5. The van der Waals surface area contributed by atoms with E-state index in [1.807, 2.05) is 58.2 Å². The zero-order valence-corrected chi connectivity index (χ0v) is 32.4. The summed E-state index contributed by atoms with van der Waals surface area (Å²) in [6.45, 7) is 27.3. The lowest BCUT2D eigenvalue weighted by molar-refractivity contribution is -0.162. The highest BCUT2D eigenvalue weighted by Gasteiger charge is 2.41. The monoisotopic (exact) mass is 677 g/mol. The third kappa shape index (κ3) is 12.3. The number of piperidine rings is 1. The van der Waals surface area contributed by atoms with Gasteiger partial charge in [0.05, 0.1) is 11.9 Å². The minimum Gasteiger partial charge on any atom is -0.458 e. The molecule has 1 amide bonds. The Morgan fingerprint density at radius 2 is 1.46 bits per heavy atom. The van der Waals surface area contributed by atoms with Gasteiger partial charge in [-0.05, 0) is 66.5 Å². The molecule has 1 fully saturated rings. The molecular weight excluding hydrogens is 619 g/mol. The van der Waals surface area contributed by atoms with Crippen LogP contribution in [0.3, 0.4) is 0 Å². The van der Waals surface area contributed by atoms with Crippen molar-refractivity contribution in [1.82, 2.24) is 19.5 Å². The first-order chi connectivity index (χ1) is 21.1. The first-order valence-electron chi connectivity index (χ1n) is 16.6. The SMILES string of the molecule is CC(C)(C)OC(=O)[C@@H]1CC[C@H](c2cc(N(COCC[Si](C)(C)C)COCC[Si](C)(C)C)n3nccc3n2)CN1C(=O)OC(C)(C)C. The lowest BCUT2D eigenvalue weighted by Crippen LogP contribution is -2.53. The van der Waals surface area contributed by atoms with Crippen LogP contribution in [0.2, 0.25) is 51.4 Å². The average molecular weight is 678 g/mol. The molecule has 2 aromatic heterocycles. The lowest BCUT2D eigenvalue weighted by Gasteiger charge is -2.39. The van der Waals surface area contributed by atoms with Crippen molar-refractivity contribution in [2.45, 2.75) is 129 Å². The van der Waals surface area contributed by atoms with Gasteiger partial charge in [-0.25, -0.2) is 14.6 Å². The van der Waals surface area contributed by atoms with Gasteiger partial charge in [-0.1, -0.05) is 39.3 Å². The Hall–Kier alpha value is -2.49. The van der Waals surface area contributed by atoms with Crippen LogP contribution < -0.4 is 4.90 Å². The van der Waals surface area contributed by atoms with Crippen molar-refractivity contribution >= 4 is 39.7 Å². The molecule has 1 aliphatic heterocycles. The molecule has 13 heteroatoms. The summed E-state index contributed by atoms with van der Waals surface area (Å²) >= 11 is 0. The quantitative estimate of drug-likeness (QED) is 0.0960. The van der Waals surface area contributed by atoms with Gasteiger partial charge < -0.3 is 23.8 Å². The molecule has 1 saturated heterocycles. The molecule has 260 valence electrons. The van der Waals surface area contributed by atoms with Crippen molar-refractivity contribution in [3.05, 3.63) is 24.0 Å². The van der Waals surface area contributed by atoms with E-state index in [0.29, 0.717) is 45.2 Å². The fourth-order valence-electron chi connectivity index (χ4n) is 4.98. The van der Waals surface area contributed by atoms with Crippen molar-refractivity contribution in [2.75, 3.05) is 38.1 Å². The summed E-state index contributed by atoms with van der Waals surface area (Å²) in [7, 11) is -2.51. The van der Waals surface area contributed by atoms with E-state index in [-0.39, 0.29) is 12.5 Å². The third-order valence-electron chi connectivity index (χ3n) is 7.48. The van der Waals surface area contributed by atoms with E-state index in [0.717, 1.165) is 23.6 Å². The number of carbonyl (C=O) groups excluding carboxylic acids is 2. The highest BCUT2D eigenvalue weighted by molar-refractivity contribution is 6.76. The molecular formula is C33H59N5O6Si2. The summed E-state index contributed by atoms with van der Waals surface area (Å²) in [4.78, 5) is 35.3. The Kier molecular flexibility index (Phi) is 12.5. The Balaban J connectivity index is 1.93. The van der Waals surface area contributed by atoms with Crippen molar-refractivity contribution in [1.29, 1.82) is 0 Å². The molecule has 0 unspecified atom stereocenters. The molecule has 0 aliphatic carbocycles. The van der Waals surface area contributed by atoms with Gasteiger partial charge in [-0.15, -0.1) is 0 Å². The van der Waals surface area contributed by atoms with Gasteiger partial charge in [0.2, 0.25) is 0 Å². The van der Waals surface area contributed by atoms with E-state index in [9.17, 15) is 9.59 Å². The molecule has 46 heavy (non-hydrogen) atoms. The molecule has 3 heterocycles. The second-order valence-electron chi connectivity index (χ2n) is 16.8. The number of hydrogen-bond donors (Lipinski definition) is 0. The van der Waals surface area contributed by atoms with Crippen molar-refractivity contribution in [3.63, 3.8) is 0 Å². The van der Waals surface area contributed by atoms with E-state index < -0.39 is 45.5 Å². The number of aromatic nitrogens is 3. The smallest absolute Gasteiger partial charge is 0.411 e. The number of anilines is 1. The molecule has 2 aromatic rings. The van der Waals surface area contributed by atoms with Crippen LogP contribution in [0.5, 0.6) is 0 Å². The lowest BCUT2D eigenvalue weighted by atomic mass is 9.90. The van der Waals surface area contributed by atoms with Gasteiger partial charge in [-0.2, -0.15) is 9.61 Å². The van der Waals surface area contributed by atoms with Crippen LogP contribution in [-0.4, -0.2) is 98.2 Å². The van der Waals surface area contributed by atoms with Gasteiger partial charge in [-0.3, -0.25) is 4.90 Å². The van der Waals surface area contributed by atoms with Crippen molar-refractivity contribution in [2.24, 2.45) is 0 Å². The Morgan fingerprint density at radius 3 is 1.98 bits per heavy atom. The van der Waals surface area contributed by atoms with E-state index in [4.69, 9.17) is 23.9 Å². The summed E-state index contributed by atoms with van der Waals surface area (Å²) in [6, 6.07) is 5.30. The van der Waals surface area contributed by atoms with Gasteiger partial charge in [0.25, 0.3) is 0 Å². The number of carbonyl (C=O) groups is 2. The largest absolute Gasteiger partial charge is 0.458 e. The molecule has 0 radical (unpaired) electrons. The molecule has 0 aromatic carbocycles. The third-order valence-corrected chi connectivity index (χ3v) is 10.9. The van der Waals surface area contributed by atoms with Gasteiger partial charge >= 0.3 is 12.1 Å². The zero-order valence-electron chi connectivity index (χ0n) is 30.4. The molecule has 0 saturated carbocycles. The number of likely N-dealkylation sites (tertiary alicyclic amines) is 1. The summed E-state index contributed by atoms with van der Waals surface area (Å²) in [5.41, 5.74) is 0.123. The minimum atomic E-state index is -1.26. The van der Waals surface area contributed by atoms with E-state index in [2.05, 4.69) is 49.3 Å². The van der Waals surface area contributed by atoms with Crippen LogP contribution in [0.1, 0.15) is 66.0 Å². The molecule has 0 N–H and O–H groups in total. The normalized spacial score (nSPS) is 18.1. The van der Waals surface area contributed by atoms with E-state index in [1.54, 1.807) is 6.20 Å². The molecule has 11 nitrogen and oxygen atoms in total. The van der Waals surface area contributed by atoms with Gasteiger partial charge in [0.15, 0.2) is 5.65 Å². The topological polar surface area (TPSA) is 108 Å². The number of ether oxygens (including phenoxy) is 4. The summed E-state index contributed by atoms with van der Waals surface area (Å²) in [6.07, 6.45) is 2.29. The zero-order chi connectivity index (χ0) is 34.5. The summed E-state index contributed by atoms with van der Waals surface area (Å²) < 4.78 is 25.7. The molecule has 2 atom stereocenters. The summed E-state index contributed by atoms with van der Waals surface area (Å²) in [5.74, 6) is 0.255. The van der Waals surface area contributed by atoms with Crippen LogP contribution in [0, 0.1) is 0 Å². The average Bonchev–Trinajstić information content (AvgIpc) is 3.37. The number of fused-ring (bicyclic) bond motifs is 1. The van der Waals surface area contributed by atoms with E-state index >= 15 is 0 Å². The Morgan fingerprint density at radius 1 is 0.891 bits per heavy atom. The summed E-state index contributed by atoms with van der Waals surface area (Å²) in [5, 5.41) is 4.58. The van der Waals surface area contributed by atoms with Crippen LogP contribution in [0.25, 0.3) is 5.65 Å². The second-order valence-corrected chi connectivity index (χ2v) is 28.1. The first kappa shape index (κ1) is 38.0. The maximum absolute atomic E-state index is 13.5. The maximum Gasteiger partial charge on any atom is 0.411 e. The van der Waals surface area contributed by atoms with Crippen LogP contribution in [0.4, 0.5) is 10.6 Å². The van der Waals surface area contributed by atoms with Crippen LogP contribution in [-0.2, 0) is 23.7 Å². The van der Waals surface area contributed by atoms with Crippen LogP contribution >= 0.6 is 0 Å². The molecule has 0 bridgehead atoms. The number of esters is 1. The second kappa shape index (κ2) is 15.2. The predicted octanol–water partition coefficient (Wildman–Crippen LogP) is 6.99. The molecule has 1 aliphatic rings. The number of rotatable bonds is 13. The molecule has 0 spiro atoms. The number of amides is 1.